The lowest BCUT2D eigenvalue weighted by molar-refractivity contribution is -0.115. The van der Waals surface area contributed by atoms with Crippen molar-refractivity contribution in [2.24, 2.45) is 0 Å². The molecule has 152 valence electrons. The maximum Gasteiger partial charge on any atom is 0.244 e. The molecule has 0 spiro atoms. The third-order valence-corrected chi connectivity index (χ3v) is 6.64. The van der Waals surface area contributed by atoms with Crippen LogP contribution < -0.4 is 15.4 Å². The Morgan fingerprint density at radius 3 is 2.54 bits per heavy atom. The van der Waals surface area contributed by atoms with Crippen LogP contribution >= 0.6 is 11.3 Å². The zero-order valence-corrected chi connectivity index (χ0v) is 17.4. The number of benzene rings is 1. The molecular formula is C17H22N4O5S2. The topological polar surface area (TPSA) is 127 Å². The number of ether oxygens (including phenoxy) is 1. The average molecular weight is 427 g/mol. The molecule has 1 aromatic heterocycles. The monoisotopic (exact) mass is 426 g/mol. The number of carbonyl (C=O) groups is 2. The number of sulfone groups is 1. The van der Waals surface area contributed by atoms with Crippen LogP contribution in [-0.4, -0.2) is 48.0 Å². The molecule has 0 saturated carbocycles. The number of hydrogen-bond donors (Lipinski definition) is 2. The van der Waals surface area contributed by atoms with Crippen LogP contribution in [0.2, 0.25) is 0 Å². The molecule has 0 saturated heterocycles. The van der Waals surface area contributed by atoms with Crippen LogP contribution in [0.3, 0.4) is 0 Å². The third-order valence-electron chi connectivity index (χ3n) is 3.70. The molecule has 28 heavy (non-hydrogen) atoms. The first kappa shape index (κ1) is 21.8. The van der Waals surface area contributed by atoms with Gasteiger partial charge in [0.2, 0.25) is 16.9 Å². The molecule has 2 aromatic rings. The van der Waals surface area contributed by atoms with E-state index >= 15 is 0 Å². The molecule has 1 heterocycles. The van der Waals surface area contributed by atoms with Crippen LogP contribution in [0, 0.1) is 0 Å². The standard InChI is InChI=1S/C17H22N4O5S2/c1-4-15-20-21-17(27-15)19-16(23)11(3)28(24,25)10-14(22)18-12-8-6-7-9-13(12)26-5-2/h6-9,11H,4-5,10H2,1-3H3,(H,18,22)(H,19,21,23). The normalized spacial score (nSPS) is 12.2. The number of nitrogens with zero attached hydrogens (tertiary/aromatic N) is 2. The SMILES string of the molecule is CCOc1ccccc1NC(=O)CS(=O)(=O)C(C)C(=O)Nc1nnc(CC)s1. The van der Waals surface area contributed by atoms with E-state index in [1.54, 1.807) is 31.2 Å². The largest absolute Gasteiger partial charge is 0.492 e. The van der Waals surface area contributed by atoms with Gasteiger partial charge in [-0.15, -0.1) is 10.2 Å². The van der Waals surface area contributed by atoms with E-state index in [9.17, 15) is 18.0 Å². The van der Waals surface area contributed by atoms with E-state index < -0.39 is 32.7 Å². The van der Waals surface area contributed by atoms with Gasteiger partial charge in [-0.25, -0.2) is 8.42 Å². The minimum atomic E-state index is -4.03. The molecule has 2 rings (SSSR count). The molecule has 1 unspecified atom stereocenters. The van der Waals surface area contributed by atoms with Crippen molar-refractivity contribution >= 4 is 43.8 Å². The van der Waals surface area contributed by atoms with E-state index in [2.05, 4.69) is 20.8 Å². The van der Waals surface area contributed by atoms with E-state index in [4.69, 9.17) is 4.74 Å². The van der Waals surface area contributed by atoms with Crippen LogP contribution in [0.15, 0.2) is 24.3 Å². The van der Waals surface area contributed by atoms with Gasteiger partial charge in [-0.2, -0.15) is 0 Å². The van der Waals surface area contributed by atoms with Gasteiger partial charge >= 0.3 is 0 Å². The fourth-order valence-corrected chi connectivity index (χ4v) is 3.92. The lowest BCUT2D eigenvalue weighted by Gasteiger charge is -2.14. The Labute approximate surface area is 167 Å². The van der Waals surface area contributed by atoms with Crippen LogP contribution in [0.5, 0.6) is 5.75 Å². The number of rotatable bonds is 9. The molecule has 0 radical (unpaired) electrons. The minimum Gasteiger partial charge on any atom is -0.492 e. The van der Waals surface area contributed by atoms with Gasteiger partial charge in [-0.3, -0.25) is 14.9 Å². The van der Waals surface area contributed by atoms with Crippen molar-refractivity contribution in [3.8, 4) is 5.75 Å². The van der Waals surface area contributed by atoms with Crippen molar-refractivity contribution < 1.29 is 22.7 Å². The molecule has 2 amide bonds. The van der Waals surface area contributed by atoms with Crippen LogP contribution in [0.25, 0.3) is 0 Å². The predicted molar refractivity (Wildman–Crippen MR) is 107 cm³/mol. The Bertz CT molecular complexity index is 943. The van der Waals surface area contributed by atoms with Gasteiger partial charge in [0, 0.05) is 0 Å². The second kappa shape index (κ2) is 9.60. The molecule has 1 aromatic carbocycles. The average Bonchev–Trinajstić information content (AvgIpc) is 3.10. The van der Waals surface area contributed by atoms with Gasteiger partial charge in [0.15, 0.2) is 9.84 Å². The molecule has 0 fully saturated rings. The molecule has 0 aliphatic carbocycles. The summed E-state index contributed by atoms with van der Waals surface area (Å²) in [6.07, 6.45) is 0.658. The fourth-order valence-electron chi connectivity index (χ4n) is 2.16. The van der Waals surface area contributed by atoms with E-state index in [1.165, 1.54) is 18.3 Å². The highest BCUT2D eigenvalue weighted by molar-refractivity contribution is 7.93. The zero-order valence-electron chi connectivity index (χ0n) is 15.8. The Balaban J connectivity index is 2.01. The van der Waals surface area contributed by atoms with E-state index in [0.717, 1.165) is 5.01 Å². The number of aromatic nitrogens is 2. The van der Waals surface area contributed by atoms with Crippen LogP contribution in [0.1, 0.15) is 25.8 Å². The summed E-state index contributed by atoms with van der Waals surface area (Å²) in [5.74, 6) is -1.92. The summed E-state index contributed by atoms with van der Waals surface area (Å²) in [6.45, 7) is 5.31. The second-order valence-corrected chi connectivity index (χ2v) is 9.15. The minimum absolute atomic E-state index is 0.221. The van der Waals surface area contributed by atoms with Gasteiger partial charge in [-0.1, -0.05) is 30.4 Å². The summed E-state index contributed by atoms with van der Waals surface area (Å²) in [4.78, 5) is 24.4. The first-order valence-corrected chi connectivity index (χ1v) is 11.2. The van der Waals surface area contributed by atoms with Crippen molar-refractivity contribution in [3.63, 3.8) is 0 Å². The lowest BCUT2D eigenvalue weighted by Crippen LogP contribution is -2.37. The summed E-state index contributed by atoms with van der Waals surface area (Å²) in [7, 11) is -4.03. The molecule has 0 aliphatic rings. The number of anilines is 2. The molecule has 2 N–H and O–H groups in total. The molecular weight excluding hydrogens is 404 g/mol. The smallest absolute Gasteiger partial charge is 0.244 e. The maximum absolute atomic E-state index is 12.4. The van der Waals surface area contributed by atoms with E-state index in [-0.39, 0.29) is 5.13 Å². The molecule has 0 bridgehead atoms. The first-order chi connectivity index (χ1) is 13.3. The summed E-state index contributed by atoms with van der Waals surface area (Å²) in [6, 6.07) is 6.69. The number of nitrogens with one attached hydrogen (secondary N) is 2. The summed E-state index contributed by atoms with van der Waals surface area (Å²) in [5, 5.41) is 12.1. The molecule has 11 heteroatoms. The van der Waals surface area contributed by atoms with Gasteiger partial charge in [0.05, 0.1) is 12.3 Å². The van der Waals surface area contributed by atoms with Gasteiger partial charge in [-0.05, 0) is 32.4 Å². The second-order valence-electron chi connectivity index (χ2n) is 5.77. The summed E-state index contributed by atoms with van der Waals surface area (Å²) >= 11 is 1.17. The van der Waals surface area contributed by atoms with Crippen molar-refractivity contribution in [1.82, 2.24) is 10.2 Å². The van der Waals surface area contributed by atoms with E-state index in [1.807, 2.05) is 6.92 Å². The summed E-state index contributed by atoms with van der Waals surface area (Å²) < 4.78 is 30.3. The fraction of sp³-hybridized carbons (Fsp3) is 0.412. The molecule has 1 atom stereocenters. The molecule has 0 aliphatic heterocycles. The lowest BCUT2D eigenvalue weighted by atomic mass is 10.3. The number of hydrogen-bond acceptors (Lipinski definition) is 8. The number of amides is 2. The van der Waals surface area contributed by atoms with Gasteiger partial charge < -0.3 is 10.1 Å². The number of aryl methyl sites for hydroxylation is 1. The van der Waals surface area contributed by atoms with Crippen molar-refractivity contribution in [1.29, 1.82) is 0 Å². The Morgan fingerprint density at radius 2 is 1.89 bits per heavy atom. The summed E-state index contributed by atoms with van der Waals surface area (Å²) in [5.41, 5.74) is 0.364. The highest BCUT2D eigenvalue weighted by Gasteiger charge is 2.31. The third kappa shape index (κ3) is 5.73. The highest BCUT2D eigenvalue weighted by Crippen LogP contribution is 2.24. The molecule has 9 nitrogen and oxygen atoms in total. The highest BCUT2D eigenvalue weighted by atomic mass is 32.2. The Morgan fingerprint density at radius 1 is 1.18 bits per heavy atom. The first-order valence-electron chi connectivity index (χ1n) is 8.63. The Kier molecular flexibility index (Phi) is 7.46. The van der Waals surface area contributed by atoms with Crippen LogP contribution in [-0.2, 0) is 25.8 Å². The van der Waals surface area contributed by atoms with Gasteiger partial charge in [0.25, 0.3) is 0 Å². The van der Waals surface area contributed by atoms with Crippen LogP contribution in [0.4, 0.5) is 10.8 Å². The number of para-hydroxylation sites is 2. The quantitative estimate of drug-likeness (QED) is 0.626. The van der Waals surface area contributed by atoms with Crippen molar-refractivity contribution in [3.05, 3.63) is 29.3 Å². The van der Waals surface area contributed by atoms with E-state index in [0.29, 0.717) is 24.5 Å². The van der Waals surface area contributed by atoms with Gasteiger partial charge in [0.1, 0.15) is 21.8 Å². The predicted octanol–water partition coefficient (Wildman–Crippen LogP) is 1.88. The number of carbonyl (C=O) groups excluding carboxylic acids is 2. The Hall–Kier alpha value is -2.53. The van der Waals surface area contributed by atoms with Crippen molar-refractivity contribution in [2.45, 2.75) is 32.4 Å². The van der Waals surface area contributed by atoms with Crippen molar-refractivity contribution in [2.75, 3.05) is 23.0 Å². The zero-order chi connectivity index (χ0) is 20.7. The maximum atomic E-state index is 12.4.